The average molecular weight is 349 g/mol. The second-order valence-corrected chi connectivity index (χ2v) is 5.52. The van der Waals surface area contributed by atoms with Crippen molar-refractivity contribution in [2.24, 2.45) is 0 Å². The first-order chi connectivity index (χ1) is 8.03. The highest BCUT2D eigenvalue weighted by Crippen LogP contribution is 2.33. The van der Waals surface area contributed by atoms with Gasteiger partial charge in [-0.15, -0.1) is 0 Å². The van der Waals surface area contributed by atoms with Crippen molar-refractivity contribution in [2.45, 2.75) is 18.4 Å². The highest BCUT2D eigenvalue weighted by atomic mass is 127. The Bertz CT molecular complexity index is 567. The van der Waals surface area contributed by atoms with E-state index in [1.54, 1.807) is 0 Å². The van der Waals surface area contributed by atoms with Crippen LogP contribution < -0.4 is 5.32 Å². The van der Waals surface area contributed by atoms with Crippen LogP contribution >= 0.6 is 22.6 Å². The van der Waals surface area contributed by atoms with Crippen molar-refractivity contribution in [1.29, 1.82) is 0 Å². The van der Waals surface area contributed by atoms with Crippen molar-refractivity contribution in [3.8, 4) is 0 Å². The molecule has 1 aromatic carbocycles. The Morgan fingerprint density at radius 3 is 2.94 bits per heavy atom. The Labute approximate surface area is 110 Å². The van der Waals surface area contributed by atoms with Gasteiger partial charge in [-0.3, -0.25) is 0 Å². The van der Waals surface area contributed by atoms with Crippen LogP contribution in [0.5, 0.6) is 0 Å². The molecule has 17 heavy (non-hydrogen) atoms. The number of nitrogens with zero attached hydrogens (tertiary/aromatic N) is 1. The Kier molecular flexibility index (Phi) is 2.58. The van der Waals surface area contributed by atoms with Gasteiger partial charge in [0.25, 0.3) is 5.92 Å². The summed E-state index contributed by atoms with van der Waals surface area (Å²) in [5.74, 6) is -2.03. The van der Waals surface area contributed by atoms with Crippen molar-refractivity contribution in [3.05, 3.63) is 27.6 Å². The zero-order valence-corrected chi connectivity index (χ0v) is 11.0. The fourth-order valence-electron chi connectivity index (χ4n) is 2.07. The molecular weight excluding hydrogens is 339 g/mol. The summed E-state index contributed by atoms with van der Waals surface area (Å²) in [6.07, 6.45) is -0.191. The molecule has 1 aromatic heterocycles. The summed E-state index contributed by atoms with van der Waals surface area (Å²) in [6.45, 7) is -0.272. The van der Waals surface area contributed by atoms with Crippen LogP contribution in [0, 0.1) is 3.57 Å². The molecule has 0 amide bonds. The zero-order valence-electron chi connectivity index (χ0n) is 8.80. The number of imidazole rings is 1. The van der Waals surface area contributed by atoms with Gasteiger partial charge in [0, 0.05) is 9.99 Å². The van der Waals surface area contributed by atoms with Gasteiger partial charge in [0.15, 0.2) is 0 Å². The molecule has 0 radical (unpaired) electrons. The molecule has 2 aromatic rings. The molecule has 1 aliphatic heterocycles. The van der Waals surface area contributed by atoms with Crippen molar-refractivity contribution in [2.75, 3.05) is 6.54 Å². The molecule has 0 aliphatic carbocycles. The molecule has 0 unspecified atom stereocenters. The molecule has 2 N–H and O–H groups in total. The van der Waals surface area contributed by atoms with Gasteiger partial charge in [0.2, 0.25) is 0 Å². The first-order valence-corrected chi connectivity index (χ1v) is 6.38. The van der Waals surface area contributed by atoms with Crippen LogP contribution in [0.2, 0.25) is 0 Å². The van der Waals surface area contributed by atoms with Crippen LogP contribution in [-0.2, 0) is 0 Å². The van der Waals surface area contributed by atoms with Crippen LogP contribution in [0.4, 0.5) is 8.78 Å². The number of nitrogens with one attached hydrogen (secondary N) is 2. The van der Waals surface area contributed by atoms with E-state index < -0.39 is 5.92 Å². The molecule has 1 saturated heterocycles. The number of fused-ring (bicyclic) bond motifs is 1. The third-order valence-electron chi connectivity index (χ3n) is 2.90. The lowest BCUT2D eigenvalue weighted by Crippen LogP contribution is -2.19. The number of benzene rings is 1. The van der Waals surface area contributed by atoms with E-state index in [0.717, 1.165) is 14.6 Å². The minimum absolute atomic E-state index is 0.191. The first kappa shape index (κ1) is 11.3. The average Bonchev–Trinajstić information content (AvgIpc) is 2.80. The van der Waals surface area contributed by atoms with E-state index in [1.807, 2.05) is 18.2 Å². The maximum atomic E-state index is 13.1. The molecule has 2 heterocycles. The van der Waals surface area contributed by atoms with E-state index in [0.29, 0.717) is 5.82 Å². The van der Waals surface area contributed by atoms with E-state index in [9.17, 15) is 8.78 Å². The molecule has 90 valence electrons. The lowest BCUT2D eigenvalue weighted by molar-refractivity contribution is 0.0208. The Balaban J connectivity index is 1.96. The normalized spacial score (nSPS) is 23.4. The van der Waals surface area contributed by atoms with E-state index in [2.05, 4.69) is 37.9 Å². The number of halogens is 3. The van der Waals surface area contributed by atoms with Gasteiger partial charge in [-0.25, -0.2) is 13.8 Å². The molecule has 0 saturated carbocycles. The van der Waals surface area contributed by atoms with Crippen LogP contribution in [0.15, 0.2) is 18.2 Å². The van der Waals surface area contributed by atoms with Gasteiger partial charge in [0.05, 0.1) is 23.6 Å². The highest BCUT2D eigenvalue weighted by Gasteiger charge is 2.40. The van der Waals surface area contributed by atoms with E-state index >= 15 is 0 Å². The molecule has 1 atom stereocenters. The fourth-order valence-corrected chi connectivity index (χ4v) is 2.55. The topological polar surface area (TPSA) is 40.7 Å². The van der Waals surface area contributed by atoms with Gasteiger partial charge in [-0.1, -0.05) is 0 Å². The predicted molar refractivity (Wildman–Crippen MR) is 69.1 cm³/mol. The van der Waals surface area contributed by atoms with E-state index in [-0.39, 0.29) is 19.0 Å². The van der Waals surface area contributed by atoms with Crippen molar-refractivity contribution in [1.82, 2.24) is 15.3 Å². The van der Waals surface area contributed by atoms with Gasteiger partial charge in [0.1, 0.15) is 5.82 Å². The largest absolute Gasteiger partial charge is 0.341 e. The van der Waals surface area contributed by atoms with Gasteiger partial charge in [-0.05, 0) is 40.8 Å². The van der Waals surface area contributed by atoms with Crippen molar-refractivity contribution in [3.63, 3.8) is 0 Å². The summed E-state index contributed by atoms with van der Waals surface area (Å²) in [7, 11) is 0. The molecule has 1 aliphatic rings. The van der Waals surface area contributed by atoms with Crippen molar-refractivity contribution < 1.29 is 8.78 Å². The van der Waals surface area contributed by atoms with Gasteiger partial charge in [-0.2, -0.15) is 0 Å². The first-order valence-electron chi connectivity index (χ1n) is 5.30. The quantitative estimate of drug-likeness (QED) is 0.778. The molecule has 0 spiro atoms. The summed E-state index contributed by atoms with van der Waals surface area (Å²) in [5.41, 5.74) is 1.71. The van der Waals surface area contributed by atoms with E-state index in [4.69, 9.17) is 0 Å². The zero-order chi connectivity index (χ0) is 12.0. The number of alkyl halides is 2. The highest BCUT2D eigenvalue weighted by molar-refractivity contribution is 14.1. The predicted octanol–water partition coefficient (Wildman–Crippen LogP) is 2.84. The number of hydrogen-bond donors (Lipinski definition) is 2. The lowest BCUT2D eigenvalue weighted by atomic mass is 10.2. The minimum Gasteiger partial charge on any atom is -0.341 e. The van der Waals surface area contributed by atoms with Crippen LogP contribution in [-0.4, -0.2) is 22.4 Å². The molecule has 6 heteroatoms. The number of aromatic amines is 1. The SMILES string of the molecule is FC1(F)CN[C@H](c2nc3cc(I)ccc3[nH]2)C1. The molecular formula is C11H10F2IN3. The molecule has 0 bridgehead atoms. The van der Waals surface area contributed by atoms with E-state index in [1.165, 1.54) is 0 Å². The number of aromatic nitrogens is 2. The number of hydrogen-bond acceptors (Lipinski definition) is 2. The number of rotatable bonds is 1. The Morgan fingerprint density at radius 2 is 2.24 bits per heavy atom. The summed E-state index contributed by atoms with van der Waals surface area (Å²) < 4.78 is 27.3. The second-order valence-electron chi connectivity index (χ2n) is 4.28. The maximum Gasteiger partial charge on any atom is 0.262 e. The molecule has 3 rings (SSSR count). The standard InChI is InChI=1S/C11H10F2IN3/c12-11(13)4-9(15-5-11)10-16-7-2-1-6(14)3-8(7)17-10/h1-3,9,15H,4-5H2,(H,16,17)/t9-/m0/s1. The maximum absolute atomic E-state index is 13.1. The van der Waals surface area contributed by atoms with Crippen LogP contribution in [0.25, 0.3) is 11.0 Å². The van der Waals surface area contributed by atoms with Gasteiger partial charge >= 0.3 is 0 Å². The summed E-state index contributed by atoms with van der Waals surface area (Å²) in [6, 6.07) is 5.43. The third-order valence-corrected chi connectivity index (χ3v) is 3.57. The minimum atomic E-state index is -2.63. The molecule has 1 fully saturated rings. The Morgan fingerprint density at radius 1 is 1.41 bits per heavy atom. The number of H-pyrrole nitrogens is 1. The lowest BCUT2D eigenvalue weighted by Gasteiger charge is -2.06. The van der Waals surface area contributed by atoms with Crippen molar-refractivity contribution >= 4 is 33.6 Å². The van der Waals surface area contributed by atoms with Gasteiger partial charge < -0.3 is 10.3 Å². The Hall–Kier alpha value is -0.760. The van der Waals surface area contributed by atoms with Crippen LogP contribution in [0.1, 0.15) is 18.3 Å². The fraction of sp³-hybridized carbons (Fsp3) is 0.364. The smallest absolute Gasteiger partial charge is 0.262 e. The van der Waals surface area contributed by atoms with Crippen LogP contribution in [0.3, 0.4) is 0 Å². The summed E-state index contributed by atoms with van der Waals surface area (Å²) in [4.78, 5) is 7.46. The summed E-state index contributed by atoms with van der Waals surface area (Å²) in [5, 5.41) is 2.79. The summed E-state index contributed by atoms with van der Waals surface area (Å²) >= 11 is 2.20. The second kappa shape index (κ2) is 3.88. The monoisotopic (exact) mass is 349 g/mol. The molecule has 3 nitrogen and oxygen atoms in total. The third kappa shape index (κ3) is 2.15.